The predicted molar refractivity (Wildman–Crippen MR) is 118 cm³/mol. The van der Waals surface area contributed by atoms with Crippen molar-refractivity contribution < 1.29 is 9.59 Å². The molecule has 0 aliphatic rings. The summed E-state index contributed by atoms with van der Waals surface area (Å²) in [5, 5.41) is -0.200. The highest BCUT2D eigenvalue weighted by atomic mass is 16.2. The summed E-state index contributed by atoms with van der Waals surface area (Å²) in [5.41, 5.74) is -2.83. The number of aromatic nitrogens is 2. The van der Waals surface area contributed by atoms with Crippen LogP contribution in [0.1, 0.15) is 52.9 Å². The van der Waals surface area contributed by atoms with E-state index in [2.05, 4.69) is 9.98 Å². The average Bonchev–Trinajstić information content (AvgIpc) is 3.10. The molecule has 0 fully saturated rings. The van der Waals surface area contributed by atoms with Gasteiger partial charge in [-0.2, -0.15) is 9.98 Å². The van der Waals surface area contributed by atoms with Gasteiger partial charge in [-0.15, -0.1) is 0 Å². The van der Waals surface area contributed by atoms with Gasteiger partial charge in [-0.05, 0) is 36.8 Å². The van der Waals surface area contributed by atoms with Crippen molar-refractivity contribution in [2.75, 3.05) is 0 Å². The SMILES string of the molecule is CC(C)CC(N=C=O)n1c(=O)c2cc3c(=O)n(C(CC(C)C)N=C=O)c(=O)c3cc2c1=O. The van der Waals surface area contributed by atoms with Crippen LogP contribution < -0.4 is 22.2 Å². The number of carbonyl (C=O) groups excluding carboxylic acids is 2. The number of isocyanates is 2. The lowest BCUT2D eigenvalue weighted by molar-refractivity contribution is 0.399. The van der Waals surface area contributed by atoms with Gasteiger partial charge in [0.25, 0.3) is 22.2 Å². The molecule has 32 heavy (non-hydrogen) atoms. The van der Waals surface area contributed by atoms with Crippen LogP contribution in [0.3, 0.4) is 0 Å². The van der Waals surface area contributed by atoms with Gasteiger partial charge >= 0.3 is 0 Å². The number of fused-ring (bicyclic) bond motifs is 2. The van der Waals surface area contributed by atoms with Crippen LogP contribution in [0.2, 0.25) is 0 Å². The summed E-state index contributed by atoms with van der Waals surface area (Å²) in [5.74, 6) is 0.0544. The Kier molecular flexibility index (Phi) is 6.30. The van der Waals surface area contributed by atoms with Gasteiger partial charge in [0.05, 0.1) is 21.5 Å². The molecule has 3 rings (SSSR count). The molecule has 10 nitrogen and oxygen atoms in total. The molecule has 3 aromatic rings. The Balaban J connectivity index is 2.34. The van der Waals surface area contributed by atoms with Crippen molar-refractivity contribution in [2.45, 2.75) is 52.9 Å². The molecule has 0 aliphatic carbocycles. The molecule has 166 valence electrons. The average molecular weight is 438 g/mol. The van der Waals surface area contributed by atoms with Gasteiger partial charge in [-0.25, -0.2) is 9.59 Å². The smallest absolute Gasteiger partial charge is 0.263 e. The minimum Gasteiger partial charge on any atom is -0.268 e. The van der Waals surface area contributed by atoms with Crippen molar-refractivity contribution in [3.05, 3.63) is 53.5 Å². The van der Waals surface area contributed by atoms with Crippen molar-refractivity contribution in [1.82, 2.24) is 9.13 Å². The minimum absolute atomic E-state index is 0.0272. The van der Waals surface area contributed by atoms with E-state index in [-0.39, 0.29) is 46.2 Å². The van der Waals surface area contributed by atoms with Crippen molar-refractivity contribution >= 4 is 33.7 Å². The maximum atomic E-state index is 13.0. The quantitative estimate of drug-likeness (QED) is 0.387. The Labute approximate surface area is 181 Å². The van der Waals surface area contributed by atoms with Crippen LogP contribution in [0, 0.1) is 11.8 Å². The summed E-state index contributed by atoms with van der Waals surface area (Å²) in [7, 11) is 0. The summed E-state index contributed by atoms with van der Waals surface area (Å²) < 4.78 is 1.71. The van der Waals surface area contributed by atoms with Gasteiger partial charge < -0.3 is 0 Å². The van der Waals surface area contributed by atoms with E-state index >= 15 is 0 Å². The molecule has 0 saturated carbocycles. The highest BCUT2D eigenvalue weighted by Gasteiger charge is 2.26. The molecular formula is C22H22N4O6. The molecule has 0 aliphatic heterocycles. The van der Waals surface area contributed by atoms with E-state index in [0.29, 0.717) is 0 Å². The topological polar surface area (TPSA) is 137 Å². The van der Waals surface area contributed by atoms with Crippen LogP contribution in [0.15, 0.2) is 41.3 Å². The first-order chi connectivity index (χ1) is 15.1. The lowest BCUT2D eigenvalue weighted by atomic mass is 10.1. The van der Waals surface area contributed by atoms with Crippen LogP contribution in [0.4, 0.5) is 0 Å². The fraction of sp³-hybridized carbons (Fsp3) is 0.455. The fourth-order valence-electron chi connectivity index (χ4n) is 3.95. The Hall–Kier alpha value is -3.74. The third-order valence-electron chi connectivity index (χ3n) is 5.32. The number of aliphatic imine (C=N–C) groups is 2. The Morgan fingerprint density at radius 2 is 0.938 bits per heavy atom. The van der Waals surface area contributed by atoms with Crippen LogP contribution >= 0.6 is 0 Å². The van der Waals surface area contributed by atoms with E-state index in [1.807, 2.05) is 27.7 Å². The first-order valence-corrected chi connectivity index (χ1v) is 10.2. The summed E-state index contributed by atoms with van der Waals surface area (Å²) in [6, 6.07) is 2.42. The molecule has 0 radical (unpaired) electrons. The summed E-state index contributed by atoms with van der Waals surface area (Å²) in [6.45, 7) is 7.39. The lowest BCUT2D eigenvalue weighted by Crippen LogP contribution is -2.30. The monoisotopic (exact) mass is 438 g/mol. The largest absolute Gasteiger partial charge is 0.268 e. The van der Waals surface area contributed by atoms with Gasteiger partial charge in [0.15, 0.2) is 0 Å². The number of nitrogens with zero attached hydrogens (tertiary/aromatic N) is 4. The molecule has 0 amide bonds. The second kappa shape index (κ2) is 8.78. The molecular weight excluding hydrogens is 416 g/mol. The first kappa shape index (κ1) is 22.9. The lowest BCUT2D eigenvalue weighted by Gasteiger charge is -2.13. The molecule has 2 atom stereocenters. The number of benzene rings is 1. The number of rotatable bonds is 8. The van der Waals surface area contributed by atoms with E-state index in [1.54, 1.807) is 0 Å². The van der Waals surface area contributed by atoms with Crippen molar-refractivity contribution in [3.63, 3.8) is 0 Å². The van der Waals surface area contributed by atoms with E-state index in [0.717, 1.165) is 9.13 Å². The Bertz CT molecular complexity index is 1300. The zero-order chi connectivity index (χ0) is 23.7. The normalized spacial score (nSPS) is 13.4. The number of hydrogen-bond acceptors (Lipinski definition) is 8. The Morgan fingerprint density at radius 1 is 0.656 bits per heavy atom. The predicted octanol–water partition coefficient (Wildman–Crippen LogP) is 1.67. The Morgan fingerprint density at radius 3 is 1.16 bits per heavy atom. The van der Waals surface area contributed by atoms with Crippen molar-refractivity contribution in [1.29, 1.82) is 0 Å². The van der Waals surface area contributed by atoms with Gasteiger partial charge in [-0.1, -0.05) is 27.7 Å². The molecule has 10 heteroatoms. The van der Waals surface area contributed by atoms with Gasteiger partial charge in [0, 0.05) is 0 Å². The molecule has 0 saturated heterocycles. The summed E-state index contributed by atoms with van der Waals surface area (Å²) in [4.78, 5) is 80.9. The standard InChI is InChI=1S/C22H22N4O6/c1-11(2)5-17(23-9-27)25-19(29)13-7-15-16(8-14(13)20(25)30)22(32)26(21(15)31)18(24-10-28)6-12(3)4/h7-8,11-12,17-18H,5-6H2,1-4H3. The van der Waals surface area contributed by atoms with E-state index in [4.69, 9.17) is 0 Å². The second-order valence-electron chi connectivity index (χ2n) is 8.57. The molecule has 2 unspecified atom stereocenters. The maximum Gasteiger partial charge on any atom is 0.263 e. The molecule has 1 aromatic carbocycles. The zero-order valence-corrected chi connectivity index (χ0v) is 18.1. The summed E-state index contributed by atoms with van der Waals surface area (Å²) >= 11 is 0. The van der Waals surface area contributed by atoms with Crippen molar-refractivity contribution in [3.8, 4) is 0 Å². The first-order valence-electron chi connectivity index (χ1n) is 10.2. The van der Waals surface area contributed by atoms with Crippen LogP contribution in [0.25, 0.3) is 21.5 Å². The molecule has 0 bridgehead atoms. The highest BCUT2D eigenvalue weighted by Crippen LogP contribution is 2.22. The van der Waals surface area contributed by atoms with Crippen LogP contribution in [0.5, 0.6) is 0 Å². The fourth-order valence-corrected chi connectivity index (χ4v) is 3.95. The van der Waals surface area contributed by atoms with Gasteiger partial charge in [0.2, 0.25) is 12.2 Å². The van der Waals surface area contributed by atoms with E-state index in [1.165, 1.54) is 24.3 Å². The second-order valence-corrected chi connectivity index (χ2v) is 8.57. The maximum absolute atomic E-state index is 13.0. The van der Waals surface area contributed by atoms with E-state index < -0.39 is 34.6 Å². The summed E-state index contributed by atoms with van der Waals surface area (Å²) in [6.07, 6.45) is 1.24. The van der Waals surface area contributed by atoms with Crippen molar-refractivity contribution in [2.24, 2.45) is 21.8 Å². The van der Waals surface area contributed by atoms with Crippen LogP contribution in [-0.2, 0) is 9.59 Å². The third-order valence-corrected chi connectivity index (χ3v) is 5.32. The number of hydrogen-bond donors (Lipinski definition) is 0. The molecule has 0 N–H and O–H groups in total. The zero-order valence-electron chi connectivity index (χ0n) is 18.1. The highest BCUT2D eigenvalue weighted by molar-refractivity contribution is 5.97. The molecule has 0 spiro atoms. The third kappa shape index (κ3) is 3.82. The van der Waals surface area contributed by atoms with E-state index in [9.17, 15) is 28.8 Å². The van der Waals surface area contributed by atoms with Crippen LogP contribution in [-0.4, -0.2) is 21.3 Å². The molecule has 2 aromatic heterocycles. The van der Waals surface area contributed by atoms with Gasteiger partial charge in [-0.3, -0.25) is 28.3 Å². The molecule has 2 heterocycles. The minimum atomic E-state index is -1.03. The van der Waals surface area contributed by atoms with Gasteiger partial charge in [0.1, 0.15) is 12.3 Å².